The Bertz CT molecular complexity index is 504. The van der Waals surface area contributed by atoms with Crippen molar-refractivity contribution in [2.45, 2.75) is 50.9 Å². The molecule has 1 spiro atoms. The molecule has 0 aromatic carbocycles. The van der Waals surface area contributed by atoms with Gasteiger partial charge in [-0.15, -0.1) is 0 Å². The van der Waals surface area contributed by atoms with E-state index in [1.54, 1.807) is 0 Å². The van der Waals surface area contributed by atoms with E-state index in [9.17, 15) is 4.79 Å². The Labute approximate surface area is 107 Å². The van der Waals surface area contributed by atoms with Crippen LogP contribution in [0.1, 0.15) is 33.1 Å². The number of allylic oxidation sites excluding steroid dienone is 1. The van der Waals surface area contributed by atoms with Gasteiger partial charge in [0, 0.05) is 11.1 Å². The fraction of sp³-hybridized carbons (Fsp3) is 0.667. The van der Waals surface area contributed by atoms with Gasteiger partial charge < -0.3 is 9.47 Å². The van der Waals surface area contributed by atoms with Crippen LogP contribution in [-0.2, 0) is 14.3 Å². The van der Waals surface area contributed by atoms with Crippen LogP contribution >= 0.6 is 0 Å². The Morgan fingerprint density at radius 2 is 2.22 bits per heavy atom. The molecule has 3 heterocycles. The standard InChI is InChI=1S/C15H18O3/c1-7-4-5-15-8(2)6-10(18-15)11-9(3)14(16)17-13(11)12(7)15/h8,10-11,13H,3-6H2,1-2H3/t8-,10-,11+,13+,15+/m0/s1. The predicted molar refractivity (Wildman–Crippen MR) is 65.8 cm³/mol. The van der Waals surface area contributed by atoms with Crippen molar-refractivity contribution in [1.82, 2.24) is 0 Å². The Hall–Kier alpha value is -1.09. The minimum Gasteiger partial charge on any atom is -0.454 e. The number of rotatable bonds is 0. The van der Waals surface area contributed by atoms with Gasteiger partial charge in [0.1, 0.15) is 6.10 Å². The number of carbonyl (C=O) groups excluding carboxylic acids is 1. The number of carbonyl (C=O) groups is 1. The molecule has 4 aliphatic rings. The first kappa shape index (κ1) is 10.8. The minimum atomic E-state index is -0.226. The number of fused-ring (bicyclic) bond motifs is 4. The molecule has 3 aliphatic heterocycles. The van der Waals surface area contributed by atoms with Crippen molar-refractivity contribution in [3.63, 3.8) is 0 Å². The fourth-order valence-corrected chi connectivity index (χ4v) is 4.56. The van der Waals surface area contributed by atoms with Gasteiger partial charge in [-0.25, -0.2) is 4.79 Å². The van der Waals surface area contributed by atoms with Crippen LogP contribution in [0.5, 0.6) is 0 Å². The molecule has 0 saturated carbocycles. The van der Waals surface area contributed by atoms with E-state index in [1.165, 1.54) is 11.1 Å². The molecule has 3 heteroatoms. The van der Waals surface area contributed by atoms with Crippen LogP contribution in [0.25, 0.3) is 0 Å². The summed E-state index contributed by atoms with van der Waals surface area (Å²) in [4.78, 5) is 11.8. The monoisotopic (exact) mass is 246 g/mol. The van der Waals surface area contributed by atoms with Crippen LogP contribution in [-0.4, -0.2) is 23.8 Å². The lowest BCUT2D eigenvalue weighted by atomic mass is 9.79. The largest absolute Gasteiger partial charge is 0.454 e. The molecule has 3 saturated heterocycles. The van der Waals surface area contributed by atoms with E-state index in [4.69, 9.17) is 9.47 Å². The van der Waals surface area contributed by atoms with Crippen LogP contribution in [0.2, 0.25) is 0 Å². The first-order valence-corrected chi connectivity index (χ1v) is 6.82. The van der Waals surface area contributed by atoms with E-state index >= 15 is 0 Å². The van der Waals surface area contributed by atoms with Crippen molar-refractivity contribution in [2.24, 2.45) is 11.8 Å². The van der Waals surface area contributed by atoms with Gasteiger partial charge in [0.15, 0.2) is 0 Å². The van der Waals surface area contributed by atoms with Gasteiger partial charge in [-0.3, -0.25) is 0 Å². The maximum absolute atomic E-state index is 11.8. The summed E-state index contributed by atoms with van der Waals surface area (Å²) in [5.41, 5.74) is 3.10. The average molecular weight is 246 g/mol. The smallest absolute Gasteiger partial charge is 0.334 e. The lowest BCUT2D eigenvalue weighted by Gasteiger charge is -2.40. The van der Waals surface area contributed by atoms with Gasteiger partial charge in [-0.1, -0.05) is 19.1 Å². The summed E-state index contributed by atoms with van der Waals surface area (Å²) in [6, 6.07) is 0. The molecule has 0 aromatic heterocycles. The van der Waals surface area contributed by atoms with Gasteiger partial charge in [0.2, 0.25) is 0 Å². The number of hydrogen-bond acceptors (Lipinski definition) is 3. The lowest BCUT2D eigenvalue weighted by Crippen LogP contribution is -2.47. The first-order valence-electron chi connectivity index (χ1n) is 6.82. The van der Waals surface area contributed by atoms with Gasteiger partial charge in [-0.05, 0) is 32.1 Å². The third kappa shape index (κ3) is 0.993. The summed E-state index contributed by atoms with van der Waals surface area (Å²) in [5.74, 6) is 0.349. The van der Waals surface area contributed by atoms with E-state index in [1.807, 2.05) is 0 Å². The zero-order valence-corrected chi connectivity index (χ0v) is 10.9. The van der Waals surface area contributed by atoms with Crippen LogP contribution in [0.15, 0.2) is 23.3 Å². The second-order valence-corrected chi connectivity index (χ2v) is 6.25. The molecule has 0 radical (unpaired) electrons. The minimum absolute atomic E-state index is 0.0543. The van der Waals surface area contributed by atoms with Gasteiger partial charge in [0.05, 0.1) is 17.6 Å². The van der Waals surface area contributed by atoms with Crippen molar-refractivity contribution in [2.75, 3.05) is 0 Å². The predicted octanol–water partition coefficient (Wildman–Crippen LogP) is 2.37. The van der Waals surface area contributed by atoms with E-state index in [2.05, 4.69) is 20.4 Å². The van der Waals surface area contributed by atoms with Crippen LogP contribution in [0.4, 0.5) is 0 Å². The van der Waals surface area contributed by atoms with E-state index in [0.717, 1.165) is 19.3 Å². The summed E-state index contributed by atoms with van der Waals surface area (Å²) in [5, 5.41) is 0. The molecule has 96 valence electrons. The third-order valence-corrected chi connectivity index (χ3v) is 5.44. The molecule has 0 N–H and O–H groups in total. The molecule has 3 nitrogen and oxygen atoms in total. The maximum atomic E-state index is 11.8. The Morgan fingerprint density at radius 1 is 1.44 bits per heavy atom. The van der Waals surface area contributed by atoms with Crippen molar-refractivity contribution in [1.29, 1.82) is 0 Å². The lowest BCUT2D eigenvalue weighted by molar-refractivity contribution is -0.143. The topological polar surface area (TPSA) is 35.5 Å². The molecule has 1 aliphatic carbocycles. The number of hydrogen-bond donors (Lipinski definition) is 0. The molecule has 18 heavy (non-hydrogen) atoms. The second-order valence-electron chi connectivity index (χ2n) is 6.25. The van der Waals surface area contributed by atoms with Crippen molar-refractivity contribution < 1.29 is 14.3 Å². The molecule has 3 fully saturated rings. The highest BCUT2D eigenvalue weighted by Crippen LogP contribution is 2.60. The molecule has 4 rings (SSSR count). The molecular formula is C15H18O3. The molecule has 5 atom stereocenters. The third-order valence-electron chi connectivity index (χ3n) is 5.44. The SMILES string of the molecule is C=C1C(=O)O[C@H]2C3=C(C)CC[C@]34O[C@@H](C[C@@H]4C)[C@@H]12. The molecule has 2 bridgehead atoms. The highest BCUT2D eigenvalue weighted by atomic mass is 16.6. The fourth-order valence-electron chi connectivity index (χ4n) is 4.56. The summed E-state index contributed by atoms with van der Waals surface area (Å²) < 4.78 is 12.0. The summed E-state index contributed by atoms with van der Waals surface area (Å²) >= 11 is 0. The summed E-state index contributed by atoms with van der Waals surface area (Å²) in [6.07, 6.45) is 3.18. The summed E-state index contributed by atoms with van der Waals surface area (Å²) in [6.45, 7) is 8.35. The highest BCUT2D eigenvalue weighted by Gasteiger charge is 2.64. The Morgan fingerprint density at radius 3 is 3.00 bits per heavy atom. The Kier molecular flexibility index (Phi) is 1.85. The van der Waals surface area contributed by atoms with Crippen molar-refractivity contribution in [3.8, 4) is 0 Å². The normalized spacial score (nSPS) is 49.4. The van der Waals surface area contributed by atoms with Gasteiger partial charge >= 0.3 is 5.97 Å². The quantitative estimate of drug-likeness (QED) is 0.374. The molecule has 0 unspecified atom stereocenters. The van der Waals surface area contributed by atoms with Crippen molar-refractivity contribution >= 4 is 5.97 Å². The van der Waals surface area contributed by atoms with E-state index in [0.29, 0.717) is 11.5 Å². The average Bonchev–Trinajstić information content (AvgIpc) is 2.89. The number of ether oxygens (including phenoxy) is 2. The highest BCUT2D eigenvalue weighted by molar-refractivity contribution is 5.91. The van der Waals surface area contributed by atoms with Gasteiger partial charge in [-0.2, -0.15) is 0 Å². The first-order chi connectivity index (χ1) is 8.54. The van der Waals surface area contributed by atoms with Crippen molar-refractivity contribution in [3.05, 3.63) is 23.3 Å². The van der Waals surface area contributed by atoms with E-state index in [-0.39, 0.29) is 29.7 Å². The zero-order chi connectivity index (χ0) is 12.7. The van der Waals surface area contributed by atoms with Gasteiger partial charge in [0.25, 0.3) is 0 Å². The number of esters is 1. The Balaban J connectivity index is 1.90. The van der Waals surface area contributed by atoms with Crippen LogP contribution in [0, 0.1) is 11.8 Å². The molecule has 0 aromatic rings. The summed E-state index contributed by atoms with van der Waals surface area (Å²) in [7, 11) is 0. The molecular weight excluding hydrogens is 228 g/mol. The van der Waals surface area contributed by atoms with Crippen LogP contribution < -0.4 is 0 Å². The zero-order valence-electron chi connectivity index (χ0n) is 10.9. The maximum Gasteiger partial charge on any atom is 0.334 e. The van der Waals surface area contributed by atoms with Crippen LogP contribution in [0.3, 0.4) is 0 Å². The molecule has 0 amide bonds. The second kappa shape index (κ2) is 3.08. The van der Waals surface area contributed by atoms with E-state index < -0.39 is 0 Å².